The maximum atomic E-state index is 13.2. The number of carbonyl (C=O) groups is 2. The van der Waals surface area contributed by atoms with Gasteiger partial charge in [-0.3, -0.25) is 4.79 Å². The molecular weight excluding hydrogens is 519 g/mol. The van der Waals surface area contributed by atoms with Crippen LogP contribution in [0.2, 0.25) is 35.7 Å². The molecule has 0 aliphatic carbocycles. The van der Waals surface area contributed by atoms with Crippen LogP contribution in [0.4, 0.5) is 4.79 Å². The third-order valence-corrected chi connectivity index (χ3v) is 9.03. The minimum absolute atomic E-state index is 0.00344. The van der Waals surface area contributed by atoms with Gasteiger partial charge in [0.1, 0.15) is 11.4 Å². The number of piperidine rings is 1. The van der Waals surface area contributed by atoms with Crippen molar-refractivity contribution in [3.8, 4) is 5.75 Å². The molecule has 0 N–H and O–H groups in total. The minimum Gasteiger partial charge on any atom is -0.467 e. The van der Waals surface area contributed by atoms with Crippen molar-refractivity contribution in [3.05, 3.63) is 27.7 Å². The zero-order chi connectivity index (χ0) is 26.7. The van der Waals surface area contributed by atoms with E-state index >= 15 is 0 Å². The average molecular weight is 560 g/mol. The van der Waals surface area contributed by atoms with Crippen LogP contribution in [-0.2, 0) is 14.3 Å². The Labute approximate surface area is 226 Å². The van der Waals surface area contributed by atoms with E-state index in [2.05, 4.69) is 19.6 Å². The first-order chi connectivity index (χ1) is 16.7. The first-order valence-electron chi connectivity index (χ1n) is 12.7. The van der Waals surface area contributed by atoms with Gasteiger partial charge in [-0.15, -0.1) is 0 Å². The van der Waals surface area contributed by atoms with E-state index in [1.54, 1.807) is 17.0 Å². The summed E-state index contributed by atoms with van der Waals surface area (Å²) in [6.45, 7) is 14.9. The van der Waals surface area contributed by atoms with Crippen molar-refractivity contribution in [2.75, 3.05) is 33.0 Å². The highest BCUT2D eigenvalue weighted by molar-refractivity contribution is 6.76. The lowest BCUT2D eigenvalue weighted by molar-refractivity contribution is -0.136. The van der Waals surface area contributed by atoms with Crippen LogP contribution < -0.4 is 4.74 Å². The van der Waals surface area contributed by atoms with E-state index in [9.17, 15) is 9.59 Å². The van der Waals surface area contributed by atoms with Gasteiger partial charge in [-0.25, -0.2) is 4.79 Å². The number of amides is 2. The summed E-state index contributed by atoms with van der Waals surface area (Å²) in [6, 6.07) is 4.57. The van der Waals surface area contributed by atoms with Gasteiger partial charge in [-0.2, -0.15) is 0 Å². The third-order valence-electron chi connectivity index (χ3n) is 6.51. The molecule has 2 amide bonds. The van der Waals surface area contributed by atoms with E-state index in [1.165, 1.54) is 0 Å². The topological polar surface area (TPSA) is 68.3 Å². The van der Waals surface area contributed by atoms with Gasteiger partial charge in [-0.05, 0) is 57.7 Å². The number of nitrogens with zero attached hydrogens (tertiary/aromatic N) is 2. The molecule has 0 aromatic heterocycles. The monoisotopic (exact) mass is 558 g/mol. The first-order valence-corrected chi connectivity index (χ1v) is 17.2. The van der Waals surface area contributed by atoms with Gasteiger partial charge in [0.25, 0.3) is 0 Å². The lowest BCUT2D eigenvalue weighted by atomic mass is 9.87. The second-order valence-electron chi connectivity index (χ2n) is 11.9. The number of halogens is 2. The summed E-state index contributed by atoms with van der Waals surface area (Å²) >= 11 is 13.0. The van der Waals surface area contributed by atoms with Gasteiger partial charge in [0.05, 0.1) is 16.1 Å². The average Bonchev–Trinajstić information content (AvgIpc) is 3.24. The molecule has 3 rings (SSSR count). The fourth-order valence-corrected chi connectivity index (χ4v) is 5.80. The molecule has 0 spiro atoms. The molecule has 7 nitrogen and oxygen atoms in total. The van der Waals surface area contributed by atoms with Crippen LogP contribution in [0, 0.1) is 0 Å². The molecule has 2 heterocycles. The Bertz CT molecular complexity index is 947. The van der Waals surface area contributed by atoms with Crippen LogP contribution in [0.5, 0.6) is 5.75 Å². The zero-order valence-corrected chi connectivity index (χ0v) is 24.9. The highest BCUT2D eigenvalue weighted by Gasteiger charge is 2.38. The smallest absolute Gasteiger partial charge is 0.410 e. The second-order valence-corrected chi connectivity index (χ2v) is 18.3. The predicted octanol–water partition coefficient (Wildman–Crippen LogP) is 6.40. The lowest BCUT2D eigenvalue weighted by Crippen LogP contribution is -2.47. The van der Waals surface area contributed by atoms with Crippen molar-refractivity contribution < 1.29 is 23.8 Å². The molecule has 0 bridgehead atoms. The van der Waals surface area contributed by atoms with E-state index in [0.29, 0.717) is 48.5 Å². The molecular formula is C26H40Cl2N2O5Si. The van der Waals surface area contributed by atoms with Gasteiger partial charge in [0.2, 0.25) is 5.91 Å². The number of ether oxygens (including phenoxy) is 3. The summed E-state index contributed by atoms with van der Waals surface area (Å²) in [6.07, 6.45) is 1.47. The van der Waals surface area contributed by atoms with Crippen molar-refractivity contribution in [3.63, 3.8) is 0 Å². The van der Waals surface area contributed by atoms with Crippen molar-refractivity contribution in [1.82, 2.24) is 9.80 Å². The number of hydrogen-bond donors (Lipinski definition) is 0. The van der Waals surface area contributed by atoms with Crippen LogP contribution in [0.1, 0.15) is 51.5 Å². The zero-order valence-electron chi connectivity index (χ0n) is 22.4. The fraction of sp³-hybridized carbons (Fsp3) is 0.692. The van der Waals surface area contributed by atoms with Crippen LogP contribution in [0.3, 0.4) is 0 Å². The van der Waals surface area contributed by atoms with Crippen molar-refractivity contribution in [1.29, 1.82) is 0 Å². The molecule has 36 heavy (non-hydrogen) atoms. The van der Waals surface area contributed by atoms with Gasteiger partial charge < -0.3 is 24.0 Å². The number of carbonyl (C=O) groups excluding carboxylic acids is 2. The van der Waals surface area contributed by atoms with E-state index in [0.717, 1.165) is 24.4 Å². The molecule has 2 saturated heterocycles. The number of hydrogen-bond acceptors (Lipinski definition) is 5. The van der Waals surface area contributed by atoms with Crippen molar-refractivity contribution in [2.45, 2.75) is 83.3 Å². The van der Waals surface area contributed by atoms with Gasteiger partial charge in [0, 0.05) is 46.3 Å². The molecule has 2 aliphatic heterocycles. The summed E-state index contributed by atoms with van der Waals surface area (Å²) < 4.78 is 17.2. The highest BCUT2D eigenvalue weighted by atomic mass is 35.5. The highest BCUT2D eigenvalue weighted by Crippen LogP contribution is 2.43. The number of likely N-dealkylation sites (tertiary alicyclic amines) is 2. The molecule has 2 aliphatic rings. The largest absolute Gasteiger partial charge is 0.467 e. The summed E-state index contributed by atoms with van der Waals surface area (Å²) in [5.41, 5.74) is 0.228. The van der Waals surface area contributed by atoms with Crippen LogP contribution >= 0.6 is 23.2 Å². The van der Waals surface area contributed by atoms with Gasteiger partial charge >= 0.3 is 6.09 Å². The lowest BCUT2D eigenvalue weighted by Gasteiger charge is -2.36. The molecule has 1 aromatic rings. The number of rotatable bonds is 8. The van der Waals surface area contributed by atoms with Gasteiger partial charge in [-0.1, -0.05) is 42.8 Å². The summed E-state index contributed by atoms with van der Waals surface area (Å²) in [5.74, 6) is 0.566. The van der Waals surface area contributed by atoms with Crippen LogP contribution in [-0.4, -0.2) is 74.6 Å². The molecule has 1 aromatic carbocycles. The van der Waals surface area contributed by atoms with E-state index in [1.807, 2.05) is 25.7 Å². The Morgan fingerprint density at radius 3 is 2.50 bits per heavy atom. The van der Waals surface area contributed by atoms with Crippen molar-refractivity contribution in [2.24, 2.45) is 0 Å². The Morgan fingerprint density at radius 2 is 1.86 bits per heavy atom. The molecule has 202 valence electrons. The summed E-state index contributed by atoms with van der Waals surface area (Å²) in [7, 11) is -1.18. The quantitative estimate of drug-likeness (QED) is 0.210. The van der Waals surface area contributed by atoms with Crippen molar-refractivity contribution >= 4 is 43.3 Å². The van der Waals surface area contributed by atoms with E-state index < -0.39 is 13.7 Å². The summed E-state index contributed by atoms with van der Waals surface area (Å²) in [4.78, 5) is 29.3. The van der Waals surface area contributed by atoms with Crippen LogP contribution in [0.15, 0.2) is 12.1 Å². The SMILES string of the molecule is CC(C)(C)OC(=O)N1CCC(N2CCC(c3c(OCOCC[Si](C)(C)C)ccc(Cl)c3Cl)CC2=O)C1. The van der Waals surface area contributed by atoms with Crippen LogP contribution in [0.25, 0.3) is 0 Å². The third kappa shape index (κ3) is 8.01. The molecule has 0 radical (unpaired) electrons. The second kappa shape index (κ2) is 11.9. The van der Waals surface area contributed by atoms with E-state index in [4.69, 9.17) is 37.4 Å². The Morgan fingerprint density at radius 1 is 1.14 bits per heavy atom. The predicted molar refractivity (Wildman–Crippen MR) is 146 cm³/mol. The fourth-order valence-electron chi connectivity index (χ4n) is 4.57. The summed E-state index contributed by atoms with van der Waals surface area (Å²) in [5, 5.41) is 0.872. The normalized spacial score (nSPS) is 21.2. The Kier molecular flexibility index (Phi) is 9.63. The maximum Gasteiger partial charge on any atom is 0.410 e. The Balaban J connectivity index is 1.61. The Hall–Kier alpha value is -1.48. The molecule has 2 fully saturated rings. The first kappa shape index (κ1) is 29.1. The number of benzene rings is 1. The maximum absolute atomic E-state index is 13.2. The molecule has 2 unspecified atom stereocenters. The molecule has 10 heteroatoms. The minimum atomic E-state index is -1.18. The van der Waals surface area contributed by atoms with Gasteiger partial charge in [0.15, 0.2) is 6.79 Å². The van der Waals surface area contributed by atoms with E-state index in [-0.39, 0.29) is 30.8 Å². The standard InChI is InChI=1S/C26H40Cl2N2O5Si/c1-26(2,3)35-25(32)29-11-10-19(16-29)30-12-9-18(15-22(30)31)23-21(8-7-20(27)24(23)28)34-17-33-13-14-36(4,5)6/h7-8,18-19H,9-17H2,1-6H3. The molecule has 0 saturated carbocycles. The molecule has 2 atom stereocenters.